The van der Waals surface area contributed by atoms with Crippen LogP contribution in [0.2, 0.25) is 0 Å². The van der Waals surface area contributed by atoms with E-state index in [0.29, 0.717) is 38.8 Å². The number of hydrogen-bond acceptors (Lipinski definition) is 7. The lowest BCUT2D eigenvalue weighted by molar-refractivity contribution is 0.0194. The molecule has 4 saturated heterocycles. The highest BCUT2D eigenvalue weighted by atomic mass is 19.1. The molecule has 5 aliphatic heterocycles. The van der Waals surface area contributed by atoms with Crippen molar-refractivity contribution in [3.63, 3.8) is 0 Å². The molecule has 5 aliphatic rings. The molecule has 1 aromatic rings. The lowest BCUT2D eigenvalue weighted by Crippen LogP contribution is -2.55. The second-order valence-corrected chi connectivity index (χ2v) is 11.5. The monoisotopic (exact) mass is 531 g/mol. The third kappa shape index (κ3) is 4.75. The normalized spacial score (nSPS) is 30.1. The zero-order chi connectivity index (χ0) is 26.3. The lowest BCUT2D eigenvalue weighted by atomic mass is 9.73. The van der Waals surface area contributed by atoms with Crippen LogP contribution in [0.25, 0.3) is 0 Å². The number of hydrogen-bond donors (Lipinski definition) is 0. The van der Waals surface area contributed by atoms with Crippen molar-refractivity contribution < 1.29 is 32.9 Å². The molecular formula is C28H38FN3O6. The van der Waals surface area contributed by atoms with E-state index in [9.17, 15) is 14.0 Å². The molecule has 1 spiro atoms. The fourth-order valence-corrected chi connectivity index (χ4v) is 7.39. The highest BCUT2D eigenvalue weighted by Crippen LogP contribution is 2.49. The minimum atomic E-state index is -0.367. The van der Waals surface area contributed by atoms with Crippen molar-refractivity contribution in [3.8, 4) is 0 Å². The Balaban J connectivity index is 1.11. The first-order valence-corrected chi connectivity index (χ1v) is 14.0. The Bertz CT molecular complexity index is 1030. The van der Waals surface area contributed by atoms with Crippen molar-refractivity contribution in [2.75, 3.05) is 58.1 Å². The standard InChI is InChI=1S/C28H38FN3O6/c1-35-12-13-37-27(34)32-20-3-4-21(32)16-22(15-20)30-9-7-28(8-10-30)18-31(25-5-2-19(29)14-24(25)28)26(33)38-23-6-11-36-17-23/h2,5,14,20-23H,3-4,6-13,15-18H2,1H3. The first-order valence-electron chi connectivity index (χ1n) is 14.0. The first kappa shape index (κ1) is 25.8. The van der Waals surface area contributed by atoms with Crippen LogP contribution in [-0.2, 0) is 24.4 Å². The molecule has 10 heteroatoms. The number of carbonyl (C=O) groups excluding carboxylic acids is 2. The summed E-state index contributed by atoms with van der Waals surface area (Å²) in [7, 11) is 1.60. The number of nitrogens with zero attached hydrogens (tertiary/aromatic N) is 3. The summed E-state index contributed by atoms with van der Waals surface area (Å²) in [6.45, 7) is 4.02. The molecule has 0 radical (unpaired) electrons. The molecule has 208 valence electrons. The van der Waals surface area contributed by atoms with Gasteiger partial charge in [-0.25, -0.2) is 14.0 Å². The summed E-state index contributed by atoms with van der Waals surface area (Å²) in [6.07, 6.45) is 5.57. The number of anilines is 1. The molecule has 5 heterocycles. The second-order valence-electron chi connectivity index (χ2n) is 11.5. The molecule has 0 N–H and O–H groups in total. The fourth-order valence-electron chi connectivity index (χ4n) is 7.39. The van der Waals surface area contributed by atoms with Crippen molar-refractivity contribution >= 4 is 17.9 Å². The van der Waals surface area contributed by atoms with Crippen LogP contribution in [0.15, 0.2) is 18.2 Å². The Morgan fingerprint density at radius 1 is 1.05 bits per heavy atom. The number of rotatable bonds is 5. The van der Waals surface area contributed by atoms with Crippen molar-refractivity contribution in [3.05, 3.63) is 29.6 Å². The van der Waals surface area contributed by atoms with E-state index in [-0.39, 0.29) is 48.2 Å². The van der Waals surface area contributed by atoms with E-state index in [0.717, 1.165) is 62.9 Å². The smallest absolute Gasteiger partial charge is 0.414 e. The Morgan fingerprint density at radius 2 is 1.82 bits per heavy atom. The Labute approximate surface area is 223 Å². The predicted octanol–water partition coefficient (Wildman–Crippen LogP) is 3.68. The minimum Gasteiger partial charge on any atom is -0.447 e. The quantitative estimate of drug-likeness (QED) is 0.536. The number of fused-ring (bicyclic) bond motifs is 4. The molecular weight excluding hydrogens is 493 g/mol. The van der Waals surface area contributed by atoms with Crippen molar-refractivity contribution in [1.82, 2.24) is 9.80 Å². The molecule has 9 nitrogen and oxygen atoms in total. The Morgan fingerprint density at radius 3 is 2.50 bits per heavy atom. The number of carbonyl (C=O) groups is 2. The van der Waals surface area contributed by atoms with Crippen LogP contribution < -0.4 is 4.90 Å². The number of piperidine rings is 2. The van der Waals surface area contributed by atoms with Gasteiger partial charge in [-0.2, -0.15) is 0 Å². The van der Waals surface area contributed by atoms with Crippen LogP contribution >= 0.6 is 0 Å². The summed E-state index contributed by atoms with van der Waals surface area (Å²) in [5, 5.41) is 0. The van der Waals surface area contributed by atoms with E-state index in [1.54, 1.807) is 24.1 Å². The Hall–Kier alpha value is -2.43. The van der Waals surface area contributed by atoms with Gasteiger partial charge in [0.05, 0.1) is 25.5 Å². The SMILES string of the molecule is COCCOC(=O)N1C2CCC1CC(N1CCC3(CC1)CN(C(=O)OC1CCOC1)c1ccc(F)cc13)C2. The highest BCUT2D eigenvalue weighted by Gasteiger charge is 2.50. The number of likely N-dealkylation sites (tertiary alicyclic amines) is 1. The van der Waals surface area contributed by atoms with Gasteiger partial charge >= 0.3 is 12.2 Å². The van der Waals surface area contributed by atoms with E-state index >= 15 is 0 Å². The predicted molar refractivity (Wildman–Crippen MR) is 137 cm³/mol. The van der Waals surface area contributed by atoms with Gasteiger partial charge in [-0.3, -0.25) is 4.90 Å². The summed E-state index contributed by atoms with van der Waals surface area (Å²) in [5.41, 5.74) is 1.41. The van der Waals surface area contributed by atoms with Crippen LogP contribution in [0.1, 0.15) is 50.5 Å². The average molecular weight is 532 g/mol. The number of amides is 2. The van der Waals surface area contributed by atoms with E-state index in [1.807, 2.05) is 4.90 Å². The largest absolute Gasteiger partial charge is 0.447 e. The van der Waals surface area contributed by atoms with Gasteiger partial charge in [0.15, 0.2) is 0 Å². The molecule has 3 unspecified atom stereocenters. The van der Waals surface area contributed by atoms with Crippen LogP contribution in [-0.4, -0.2) is 99.4 Å². The van der Waals surface area contributed by atoms with Gasteiger partial charge in [0, 0.05) is 43.6 Å². The van der Waals surface area contributed by atoms with Crippen molar-refractivity contribution in [2.24, 2.45) is 0 Å². The summed E-state index contributed by atoms with van der Waals surface area (Å²) in [6, 6.07) is 5.62. The Kier molecular flexibility index (Phi) is 7.22. The number of halogens is 1. The van der Waals surface area contributed by atoms with Gasteiger partial charge in [0.1, 0.15) is 18.5 Å². The van der Waals surface area contributed by atoms with Gasteiger partial charge in [-0.1, -0.05) is 0 Å². The number of methoxy groups -OCH3 is 1. The number of ether oxygens (including phenoxy) is 4. The van der Waals surface area contributed by atoms with Crippen LogP contribution in [0.5, 0.6) is 0 Å². The molecule has 4 fully saturated rings. The molecule has 1 aromatic carbocycles. The van der Waals surface area contributed by atoms with Crippen molar-refractivity contribution in [1.29, 1.82) is 0 Å². The van der Waals surface area contributed by atoms with Crippen LogP contribution in [0.3, 0.4) is 0 Å². The molecule has 2 amide bonds. The molecule has 6 rings (SSSR count). The van der Waals surface area contributed by atoms with Gasteiger partial charge in [-0.15, -0.1) is 0 Å². The second kappa shape index (κ2) is 10.6. The highest BCUT2D eigenvalue weighted by molar-refractivity contribution is 5.91. The van der Waals surface area contributed by atoms with Gasteiger partial charge < -0.3 is 28.7 Å². The zero-order valence-electron chi connectivity index (χ0n) is 22.1. The van der Waals surface area contributed by atoms with Crippen LogP contribution in [0.4, 0.5) is 19.7 Å². The van der Waals surface area contributed by atoms with Gasteiger partial charge in [0.2, 0.25) is 0 Å². The van der Waals surface area contributed by atoms with E-state index in [2.05, 4.69) is 4.90 Å². The van der Waals surface area contributed by atoms with Crippen molar-refractivity contribution in [2.45, 2.75) is 74.6 Å². The summed E-state index contributed by atoms with van der Waals surface area (Å²) in [4.78, 5) is 32.0. The van der Waals surface area contributed by atoms with Gasteiger partial charge in [0.25, 0.3) is 0 Å². The maximum atomic E-state index is 14.4. The maximum Gasteiger partial charge on any atom is 0.414 e. The summed E-state index contributed by atoms with van der Waals surface area (Å²) < 4.78 is 35.9. The summed E-state index contributed by atoms with van der Waals surface area (Å²) >= 11 is 0. The van der Waals surface area contributed by atoms with Gasteiger partial charge in [-0.05, 0) is 75.4 Å². The third-order valence-corrected chi connectivity index (χ3v) is 9.36. The average Bonchev–Trinajstić information content (AvgIpc) is 3.60. The van der Waals surface area contributed by atoms with Crippen LogP contribution in [0, 0.1) is 5.82 Å². The zero-order valence-corrected chi connectivity index (χ0v) is 22.1. The third-order valence-electron chi connectivity index (χ3n) is 9.36. The molecule has 3 atom stereocenters. The topological polar surface area (TPSA) is 80.8 Å². The molecule has 0 aromatic heterocycles. The molecule has 2 bridgehead atoms. The first-order chi connectivity index (χ1) is 18.5. The van der Waals surface area contributed by atoms with E-state index < -0.39 is 0 Å². The minimum absolute atomic E-state index is 0.216. The molecule has 0 aliphatic carbocycles. The molecule has 0 saturated carbocycles. The maximum absolute atomic E-state index is 14.4. The fraction of sp³-hybridized carbons (Fsp3) is 0.714. The van der Waals surface area contributed by atoms with E-state index in [4.69, 9.17) is 18.9 Å². The molecule has 38 heavy (non-hydrogen) atoms. The van der Waals surface area contributed by atoms with E-state index in [1.165, 1.54) is 6.07 Å². The summed E-state index contributed by atoms with van der Waals surface area (Å²) in [5.74, 6) is -0.272. The lowest BCUT2D eigenvalue weighted by Gasteiger charge is -2.47. The number of benzene rings is 1.